The van der Waals surface area contributed by atoms with Gasteiger partial charge in [0.05, 0.1) is 5.25 Å². The summed E-state index contributed by atoms with van der Waals surface area (Å²) >= 11 is 1.45. The Morgan fingerprint density at radius 1 is 0.839 bits per heavy atom. The van der Waals surface area contributed by atoms with E-state index in [0.29, 0.717) is 5.69 Å². The third-order valence-electron chi connectivity index (χ3n) is 4.50. The smallest absolute Gasteiger partial charge is 0.248 e. The maximum absolute atomic E-state index is 12.6. The molecule has 1 unspecified atom stereocenters. The van der Waals surface area contributed by atoms with Crippen LogP contribution < -0.4 is 10.6 Å². The zero-order valence-corrected chi connectivity index (χ0v) is 18.7. The van der Waals surface area contributed by atoms with Gasteiger partial charge in [-0.3, -0.25) is 9.59 Å². The molecule has 4 nitrogen and oxygen atoms in total. The lowest BCUT2D eigenvalue weighted by Crippen LogP contribution is -2.22. The van der Waals surface area contributed by atoms with E-state index in [2.05, 4.69) is 16.7 Å². The van der Waals surface area contributed by atoms with Gasteiger partial charge in [-0.05, 0) is 73.9 Å². The SMILES string of the molecule is Cc1cc(C)cc(NC(=O)C(C)Sc2cccc(NC(=O)/C=C/c3ccccc3)c2)c1. The fourth-order valence-corrected chi connectivity index (χ4v) is 4.04. The predicted molar refractivity (Wildman–Crippen MR) is 130 cm³/mol. The first-order valence-corrected chi connectivity index (χ1v) is 11.0. The molecule has 1 atom stereocenters. The van der Waals surface area contributed by atoms with Gasteiger partial charge < -0.3 is 10.6 Å². The Labute approximate surface area is 187 Å². The van der Waals surface area contributed by atoms with Crippen LogP contribution in [0.25, 0.3) is 6.08 Å². The fraction of sp³-hybridized carbons (Fsp3) is 0.154. The van der Waals surface area contributed by atoms with Crippen LogP contribution in [0.15, 0.2) is 83.8 Å². The van der Waals surface area contributed by atoms with Crippen molar-refractivity contribution in [1.29, 1.82) is 0 Å². The fourth-order valence-electron chi connectivity index (χ4n) is 3.12. The van der Waals surface area contributed by atoms with Crippen molar-refractivity contribution in [2.24, 2.45) is 0 Å². The van der Waals surface area contributed by atoms with Crippen LogP contribution in [0.5, 0.6) is 0 Å². The van der Waals surface area contributed by atoms with Crippen molar-refractivity contribution in [1.82, 2.24) is 0 Å². The summed E-state index contributed by atoms with van der Waals surface area (Å²) < 4.78 is 0. The lowest BCUT2D eigenvalue weighted by atomic mass is 10.1. The topological polar surface area (TPSA) is 58.2 Å². The average Bonchev–Trinajstić information content (AvgIpc) is 2.72. The molecular formula is C26H26N2O2S. The predicted octanol–water partition coefficient (Wildman–Crippen LogP) is 6.07. The van der Waals surface area contributed by atoms with Crippen molar-refractivity contribution in [2.75, 3.05) is 10.6 Å². The number of nitrogens with one attached hydrogen (secondary N) is 2. The van der Waals surface area contributed by atoms with E-state index < -0.39 is 0 Å². The van der Waals surface area contributed by atoms with E-state index in [4.69, 9.17) is 0 Å². The van der Waals surface area contributed by atoms with Crippen LogP contribution in [0.3, 0.4) is 0 Å². The molecule has 0 aromatic heterocycles. The molecule has 0 saturated heterocycles. The van der Waals surface area contributed by atoms with Gasteiger partial charge in [0.25, 0.3) is 0 Å². The van der Waals surface area contributed by atoms with E-state index in [9.17, 15) is 9.59 Å². The standard InChI is InChI=1S/C26H26N2O2S/c1-18-14-19(2)16-23(15-18)28-26(30)20(3)31-24-11-7-10-22(17-24)27-25(29)13-12-21-8-5-4-6-9-21/h4-17,20H,1-3H3,(H,27,29)(H,28,30)/b13-12+. The summed E-state index contributed by atoms with van der Waals surface area (Å²) in [7, 11) is 0. The highest BCUT2D eigenvalue weighted by Crippen LogP contribution is 2.27. The first-order valence-electron chi connectivity index (χ1n) is 10.1. The molecular weight excluding hydrogens is 404 g/mol. The molecule has 2 amide bonds. The molecule has 0 aliphatic heterocycles. The number of carbonyl (C=O) groups is 2. The van der Waals surface area contributed by atoms with Gasteiger partial charge in [0.15, 0.2) is 0 Å². The first kappa shape index (κ1) is 22.4. The van der Waals surface area contributed by atoms with E-state index in [1.54, 1.807) is 6.08 Å². The normalized spacial score (nSPS) is 11.8. The molecule has 0 spiro atoms. The maximum atomic E-state index is 12.6. The highest BCUT2D eigenvalue weighted by molar-refractivity contribution is 8.00. The van der Waals surface area contributed by atoms with Gasteiger partial charge in [0.2, 0.25) is 11.8 Å². The van der Waals surface area contributed by atoms with Gasteiger partial charge in [-0.2, -0.15) is 0 Å². The van der Waals surface area contributed by atoms with Gasteiger partial charge in [0, 0.05) is 22.3 Å². The zero-order chi connectivity index (χ0) is 22.2. The molecule has 2 N–H and O–H groups in total. The molecule has 0 saturated carbocycles. The van der Waals surface area contributed by atoms with Crippen LogP contribution in [0.1, 0.15) is 23.6 Å². The summed E-state index contributed by atoms with van der Waals surface area (Å²) in [6.07, 6.45) is 3.28. The zero-order valence-electron chi connectivity index (χ0n) is 17.9. The Morgan fingerprint density at radius 3 is 2.26 bits per heavy atom. The van der Waals surface area contributed by atoms with Gasteiger partial charge >= 0.3 is 0 Å². The number of aryl methyl sites for hydroxylation is 2. The number of hydrogen-bond donors (Lipinski definition) is 2. The number of anilines is 2. The van der Waals surface area contributed by atoms with Crippen LogP contribution in [0.2, 0.25) is 0 Å². The van der Waals surface area contributed by atoms with Crippen LogP contribution >= 0.6 is 11.8 Å². The molecule has 3 aromatic rings. The van der Waals surface area contributed by atoms with Crippen molar-refractivity contribution in [3.63, 3.8) is 0 Å². The number of thioether (sulfide) groups is 1. The third kappa shape index (κ3) is 7.15. The summed E-state index contributed by atoms with van der Waals surface area (Å²) in [6, 6.07) is 23.2. The van der Waals surface area contributed by atoms with E-state index in [1.165, 1.54) is 17.8 Å². The van der Waals surface area contributed by atoms with Gasteiger partial charge in [0.1, 0.15) is 0 Å². The van der Waals surface area contributed by atoms with Crippen molar-refractivity contribution < 1.29 is 9.59 Å². The molecule has 31 heavy (non-hydrogen) atoms. The summed E-state index contributed by atoms with van der Waals surface area (Å²) in [4.78, 5) is 25.7. The minimum absolute atomic E-state index is 0.0600. The Kier molecular flexibility index (Phi) is 7.68. The molecule has 158 valence electrons. The van der Waals surface area contributed by atoms with E-state index in [1.807, 2.05) is 87.5 Å². The van der Waals surface area contributed by atoms with Gasteiger partial charge in [-0.25, -0.2) is 0 Å². The lowest BCUT2D eigenvalue weighted by Gasteiger charge is -2.14. The molecule has 5 heteroatoms. The molecule has 3 aromatic carbocycles. The summed E-state index contributed by atoms with van der Waals surface area (Å²) in [6.45, 7) is 5.89. The Balaban J connectivity index is 1.58. The Morgan fingerprint density at radius 2 is 1.55 bits per heavy atom. The number of carbonyl (C=O) groups excluding carboxylic acids is 2. The monoisotopic (exact) mass is 430 g/mol. The molecule has 0 aliphatic carbocycles. The second kappa shape index (κ2) is 10.6. The van der Waals surface area contributed by atoms with Crippen molar-refractivity contribution in [3.8, 4) is 0 Å². The third-order valence-corrected chi connectivity index (χ3v) is 5.59. The average molecular weight is 431 g/mol. The number of benzene rings is 3. The van der Waals surface area contributed by atoms with Gasteiger partial charge in [-0.15, -0.1) is 11.8 Å². The molecule has 0 heterocycles. The number of amides is 2. The summed E-state index contributed by atoms with van der Waals surface area (Å²) in [5.74, 6) is -0.262. The first-order chi connectivity index (χ1) is 14.9. The van der Waals surface area contributed by atoms with Crippen LogP contribution in [0, 0.1) is 13.8 Å². The lowest BCUT2D eigenvalue weighted by molar-refractivity contribution is -0.115. The minimum atomic E-state index is -0.287. The number of hydrogen-bond acceptors (Lipinski definition) is 3. The van der Waals surface area contributed by atoms with Crippen molar-refractivity contribution >= 4 is 41.0 Å². The Bertz CT molecular complexity index is 1070. The molecule has 3 rings (SSSR count). The van der Waals surface area contributed by atoms with Crippen LogP contribution in [-0.4, -0.2) is 17.1 Å². The molecule has 0 bridgehead atoms. The van der Waals surface area contributed by atoms with Crippen molar-refractivity contribution in [3.05, 3.63) is 95.6 Å². The highest BCUT2D eigenvalue weighted by atomic mass is 32.2. The van der Waals surface area contributed by atoms with E-state index >= 15 is 0 Å². The number of rotatable bonds is 7. The minimum Gasteiger partial charge on any atom is -0.325 e. The Hall–Kier alpha value is -3.31. The maximum Gasteiger partial charge on any atom is 0.248 e. The summed E-state index contributed by atoms with van der Waals surface area (Å²) in [5, 5.41) is 5.56. The summed E-state index contributed by atoms with van der Waals surface area (Å²) in [5.41, 5.74) is 4.68. The van der Waals surface area contributed by atoms with Crippen molar-refractivity contribution in [2.45, 2.75) is 30.9 Å². The highest BCUT2D eigenvalue weighted by Gasteiger charge is 2.15. The molecule has 0 aliphatic rings. The molecule has 0 fully saturated rings. The van der Waals surface area contributed by atoms with E-state index in [-0.39, 0.29) is 17.1 Å². The van der Waals surface area contributed by atoms with Crippen LogP contribution in [-0.2, 0) is 9.59 Å². The second-order valence-corrected chi connectivity index (χ2v) is 8.80. The largest absolute Gasteiger partial charge is 0.325 e. The van der Waals surface area contributed by atoms with Crippen LogP contribution in [0.4, 0.5) is 11.4 Å². The second-order valence-electron chi connectivity index (χ2n) is 7.39. The quantitative estimate of drug-likeness (QED) is 0.353. The molecule has 0 radical (unpaired) electrons. The van der Waals surface area contributed by atoms with E-state index in [0.717, 1.165) is 27.3 Å². The van der Waals surface area contributed by atoms with Gasteiger partial charge in [-0.1, -0.05) is 42.5 Å².